The summed E-state index contributed by atoms with van der Waals surface area (Å²) in [7, 11) is 0. The van der Waals surface area contributed by atoms with Gasteiger partial charge in [-0.25, -0.2) is 4.98 Å². The molecule has 0 bridgehead atoms. The summed E-state index contributed by atoms with van der Waals surface area (Å²) in [4.78, 5) is 16.9. The molecule has 1 aromatic rings. The Hall–Kier alpha value is -0.980. The van der Waals surface area contributed by atoms with E-state index in [2.05, 4.69) is 15.6 Å². The van der Waals surface area contributed by atoms with E-state index < -0.39 is 0 Å². The summed E-state index contributed by atoms with van der Waals surface area (Å²) in [5, 5.41) is 6.98. The summed E-state index contributed by atoms with van der Waals surface area (Å²) in [6.07, 6.45) is 1.43. The molecular formula is C10H15N3O2S. The van der Waals surface area contributed by atoms with Gasteiger partial charge in [0, 0.05) is 24.2 Å². The zero-order valence-corrected chi connectivity index (χ0v) is 9.97. The molecule has 1 aromatic heterocycles. The largest absolute Gasteiger partial charge is 0.366 e. The molecule has 2 rings (SSSR count). The first-order chi connectivity index (χ1) is 7.75. The molecule has 0 saturated carbocycles. The first-order valence-corrected chi connectivity index (χ1v) is 6.08. The fourth-order valence-electron chi connectivity index (χ4n) is 1.51. The van der Waals surface area contributed by atoms with E-state index in [-0.39, 0.29) is 12.0 Å². The van der Waals surface area contributed by atoms with Crippen molar-refractivity contribution in [1.29, 1.82) is 0 Å². The summed E-state index contributed by atoms with van der Waals surface area (Å²) >= 11 is 1.59. The number of hydrogen-bond donors (Lipinski definition) is 2. The molecule has 1 unspecified atom stereocenters. The molecule has 1 amide bonds. The Morgan fingerprint density at radius 1 is 1.81 bits per heavy atom. The highest BCUT2D eigenvalue weighted by atomic mass is 32.1. The standard InChI is InChI=1S/C10H15N3O2S/c1-7-12-4-8(16-7)5-13-10(14)9-6-11-2-3-15-9/h4,9,11H,2-3,5-6H2,1H3,(H,13,14). The monoisotopic (exact) mass is 241 g/mol. The lowest BCUT2D eigenvalue weighted by molar-refractivity contribution is -0.134. The van der Waals surface area contributed by atoms with Crippen molar-refractivity contribution in [1.82, 2.24) is 15.6 Å². The van der Waals surface area contributed by atoms with Gasteiger partial charge in [-0.2, -0.15) is 0 Å². The molecule has 1 fully saturated rings. The summed E-state index contributed by atoms with van der Waals surface area (Å²) in [6, 6.07) is 0. The number of carbonyl (C=O) groups excluding carboxylic acids is 1. The van der Waals surface area contributed by atoms with Crippen molar-refractivity contribution in [3.8, 4) is 0 Å². The summed E-state index contributed by atoms with van der Waals surface area (Å²) in [5.74, 6) is -0.0572. The molecule has 5 nitrogen and oxygen atoms in total. The van der Waals surface area contributed by atoms with E-state index >= 15 is 0 Å². The Labute approximate surface area is 98.2 Å². The van der Waals surface area contributed by atoms with Crippen molar-refractivity contribution in [3.05, 3.63) is 16.1 Å². The molecule has 6 heteroatoms. The highest BCUT2D eigenvalue weighted by Gasteiger charge is 2.21. The van der Waals surface area contributed by atoms with E-state index in [4.69, 9.17) is 4.74 Å². The van der Waals surface area contributed by atoms with E-state index in [1.165, 1.54) is 0 Å². The van der Waals surface area contributed by atoms with Crippen LogP contribution in [0.5, 0.6) is 0 Å². The maximum atomic E-state index is 11.7. The Morgan fingerprint density at radius 3 is 3.31 bits per heavy atom. The van der Waals surface area contributed by atoms with Gasteiger partial charge in [0.05, 0.1) is 18.2 Å². The second kappa shape index (κ2) is 5.38. The van der Waals surface area contributed by atoms with Crippen molar-refractivity contribution in [2.75, 3.05) is 19.7 Å². The number of ether oxygens (including phenoxy) is 1. The second-order valence-electron chi connectivity index (χ2n) is 3.63. The molecule has 88 valence electrons. The number of rotatable bonds is 3. The maximum Gasteiger partial charge on any atom is 0.250 e. The van der Waals surface area contributed by atoms with Crippen molar-refractivity contribution in [2.45, 2.75) is 19.6 Å². The van der Waals surface area contributed by atoms with Crippen LogP contribution in [0.25, 0.3) is 0 Å². The van der Waals surface area contributed by atoms with Crippen LogP contribution < -0.4 is 10.6 Å². The third-order valence-corrected chi connectivity index (χ3v) is 3.24. The van der Waals surface area contributed by atoms with Gasteiger partial charge < -0.3 is 15.4 Å². The van der Waals surface area contributed by atoms with Gasteiger partial charge in [-0.3, -0.25) is 4.79 Å². The van der Waals surface area contributed by atoms with Crippen LogP contribution in [0, 0.1) is 6.92 Å². The molecular weight excluding hydrogens is 226 g/mol. The van der Waals surface area contributed by atoms with Crippen LogP contribution in [0.15, 0.2) is 6.20 Å². The van der Waals surface area contributed by atoms with Gasteiger partial charge in [-0.1, -0.05) is 0 Å². The van der Waals surface area contributed by atoms with Crippen molar-refractivity contribution >= 4 is 17.2 Å². The van der Waals surface area contributed by atoms with E-state index in [9.17, 15) is 4.79 Å². The van der Waals surface area contributed by atoms with Gasteiger partial charge in [0.1, 0.15) is 6.10 Å². The second-order valence-corrected chi connectivity index (χ2v) is 4.95. The molecule has 1 atom stereocenters. The smallest absolute Gasteiger partial charge is 0.250 e. The molecule has 1 aliphatic heterocycles. The summed E-state index contributed by atoms with van der Waals surface area (Å²) in [6.45, 7) is 4.48. The molecule has 0 aliphatic carbocycles. The van der Waals surface area contributed by atoms with Crippen molar-refractivity contribution in [3.63, 3.8) is 0 Å². The van der Waals surface area contributed by atoms with E-state index in [0.29, 0.717) is 19.7 Å². The van der Waals surface area contributed by atoms with Crippen LogP contribution in [-0.2, 0) is 16.1 Å². The number of aromatic nitrogens is 1. The molecule has 0 radical (unpaired) electrons. The van der Waals surface area contributed by atoms with E-state index in [1.807, 2.05) is 6.92 Å². The van der Waals surface area contributed by atoms with Crippen LogP contribution in [0.3, 0.4) is 0 Å². The fourth-order valence-corrected chi connectivity index (χ4v) is 2.24. The van der Waals surface area contributed by atoms with Gasteiger partial charge in [0.2, 0.25) is 0 Å². The molecule has 0 spiro atoms. The maximum absolute atomic E-state index is 11.7. The molecule has 16 heavy (non-hydrogen) atoms. The number of carbonyl (C=O) groups is 1. The van der Waals surface area contributed by atoms with Gasteiger partial charge in [0.15, 0.2) is 0 Å². The van der Waals surface area contributed by atoms with Gasteiger partial charge in [0.25, 0.3) is 5.91 Å². The first-order valence-electron chi connectivity index (χ1n) is 5.27. The predicted molar refractivity (Wildman–Crippen MR) is 61.3 cm³/mol. The molecule has 2 heterocycles. The number of hydrogen-bond acceptors (Lipinski definition) is 5. The number of nitrogens with zero attached hydrogens (tertiary/aromatic N) is 1. The topological polar surface area (TPSA) is 63.2 Å². The third-order valence-electron chi connectivity index (χ3n) is 2.33. The predicted octanol–water partition coefficient (Wildman–Crippen LogP) is 0.0561. The molecule has 0 aromatic carbocycles. The number of aryl methyl sites for hydroxylation is 1. The van der Waals surface area contributed by atoms with Crippen molar-refractivity contribution < 1.29 is 9.53 Å². The average Bonchev–Trinajstić information content (AvgIpc) is 2.73. The van der Waals surface area contributed by atoms with Crippen LogP contribution in [0.1, 0.15) is 9.88 Å². The minimum Gasteiger partial charge on any atom is -0.366 e. The molecule has 1 aliphatic rings. The lowest BCUT2D eigenvalue weighted by atomic mass is 10.3. The number of amides is 1. The molecule has 2 N–H and O–H groups in total. The minimum absolute atomic E-state index is 0.0572. The Kier molecular flexibility index (Phi) is 3.87. The van der Waals surface area contributed by atoms with Gasteiger partial charge in [-0.15, -0.1) is 11.3 Å². The zero-order chi connectivity index (χ0) is 11.4. The van der Waals surface area contributed by atoms with Crippen LogP contribution in [0.4, 0.5) is 0 Å². The lowest BCUT2D eigenvalue weighted by Gasteiger charge is -2.22. The Morgan fingerprint density at radius 2 is 2.69 bits per heavy atom. The van der Waals surface area contributed by atoms with Gasteiger partial charge >= 0.3 is 0 Å². The quantitative estimate of drug-likeness (QED) is 0.785. The minimum atomic E-state index is -0.359. The van der Waals surface area contributed by atoms with Crippen LogP contribution in [-0.4, -0.2) is 36.7 Å². The summed E-state index contributed by atoms with van der Waals surface area (Å²) < 4.78 is 5.35. The fraction of sp³-hybridized carbons (Fsp3) is 0.600. The lowest BCUT2D eigenvalue weighted by Crippen LogP contribution is -2.47. The average molecular weight is 241 g/mol. The van der Waals surface area contributed by atoms with Crippen LogP contribution >= 0.6 is 11.3 Å². The summed E-state index contributed by atoms with van der Waals surface area (Å²) in [5.41, 5.74) is 0. The third kappa shape index (κ3) is 3.01. The number of nitrogens with one attached hydrogen (secondary N) is 2. The van der Waals surface area contributed by atoms with Crippen LogP contribution in [0.2, 0.25) is 0 Å². The normalized spacial score (nSPS) is 20.7. The van der Waals surface area contributed by atoms with E-state index in [0.717, 1.165) is 16.4 Å². The SMILES string of the molecule is Cc1ncc(CNC(=O)C2CNCCO2)s1. The Balaban J connectivity index is 1.78. The highest BCUT2D eigenvalue weighted by molar-refractivity contribution is 7.11. The highest BCUT2D eigenvalue weighted by Crippen LogP contribution is 2.10. The van der Waals surface area contributed by atoms with Crippen molar-refractivity contribution in [2.24, 2.45) is 0 Å². The number of thiazole rings is 1. The van der Waals surface area contributed by atoms with E-state index in [1.54, 1.807) is 17.5 Å². The zero-order valence-electron chi connectivity index (χ0n) is 9.16. The Bertz CT molecular complexity index is 361. The molecule has 1 saturated heterocycles. The van der Waals surface area contributed by atoms with Gasteiger partial charge in [-0.05, 0) is 6.92 Å². The number of morpholine rings is 1. The first kappa shape index (κ1) is 11.5.